The molecule has 27 atom stereocenters. The maximum Gasteiger partial charge on any atom is 0.472 e. The highest BCUT2D eigenvalue weighted by molar-refractivity contribution is 8.08. The topological polar surface area (TPSA) is 745 Å². The summed E-state index contributed by atoms with van der Waals surface area (Å²) in [6.45, 7) is -17.6. The van der Waals surface area contributed by atoms with E-state index in [4.69, 9.17) is 176 Å². The molecule has 6 aliphatic rings. The fourth-order valence-corrected chi connectivity index (χ4v) is 22.8. The zero-order valence-electron chi connectivity index (χ0n) is 75.7. The molecule has 0 radical (unpaired) electrons. The van der Waals surface area contributed by atoms with Crippen LogP contribution in [0.5, 0.6) is 0 Å². The molecule has 6 aliphatic heterocycles. The molecular formula is C73H104N19O39P5S4. The Morgan fingerprint density at radius 1 is 0.407 bits per heavy atom. The second-order valence-corrected chi connectivity index (χ2v) is 44.9. The number of nitrogens with zero attached hydrogens (tertiary/aromatic N) is 12. The van der Waals surface area contributed by atoms with Crippen molar-refractivity contribution in [1.82, 2.24) is 77.2 Å². The van der Waals surface area contributed by atoms with E-state index in [1.165, 1.54) is 96.4 Å². The van der Waals surface area contributed by atoms with Crippen molar-refractivity contribution in [1.29, 1.82) is 0 Å². The molecule has 67 heteroatoms. The summed E-state index contributed by atoms with van der Waals surface area (Å²) in [7, 11) is -0.411. The van der Waals surface area contributed by atoms with Crippen molar-refractivity contribution in [2.45, 2.75) is 189 Å². The van der Waals surface area contributed by atoms with Crippen molar-refractivity contribution in [2.24, 2.45) is 0 Å². The van der Waals surface area contributed by atoms with Gasteiger partial charge >= 0.3 is 57.5 Å². The number of imidazole rings is 2. The van der Waals surface area contributed by atoms with Crippen LogP contribution < -0.4 is 62.2 Å². The van der Waals surface area contributed by atoms with Crippen LogP contribution in [0.25, 0.3) is 22.3 Å². The van der Waals surface area contributed by atoms with Crippen LogP contribution in [0, 0.1) is 27.7 Å². The van der Waals surface area contributed by atoms with Gasteiger partial charge < -0.3 is 140 Å². The van der Waals surface area contributed by atoms with E-state index >= 15 is 4.57 Å². The monoisotopic (exact) mass is 2150 g/mol. The molecule has 0 spiro atoms. The number of nitrogens with two attached hydrogens (primary N) is 3. The van der Waals surface area contributed by atoms with Crippen LogP contribution in [0.15, 0.2) is 82.1 Å². The third-order valence-electron chi connectivity index (χ3n) is 22.8. The van der Waals surface area contributed by atoms with Gasteiger partial charge in [-0.3, -0.25) is 84.6 Å². The van der Waals surface area contributed by atoms with Crippen LogP contribution in [-0.2, 0) is 163 Å². The molecule has 6 saturated heterocycles. The number of nitrogen functional groups attached to an aromatic ring is 3. The predicted octanol–water partition coefficient (Wildman–Crippen LogP) is -2.11. The van der Waals surface area contributed by atoms with Crippen molar-refractivity contribution in [3.63, 3.8) is 0 Å². The molecule has 0 bridgehead atoms. The van der Waals surface area contributed by atoms with Crippen molar-refractivity contribution >= 4 is 122 Å². The Morgan fingerprint density at radius 2 is 0.793 bits per heavy atom. The van der Waals surface area contributed by atoms with E-state index in [1.807, 2.05) is 0 Å². The molecule has 8 aromatic heterocycles. The molecule has 140 heavy (non-hydrogen) atoms. The summed E-state index contributed by atoms with van der Waals surface area (Å²) in [4.78, 5) is 200. The Bertz CT molecular complexity index is 6520. The van der Waals surface area contributed by atoms with Gasteiger partial charge in [0.15, 0.2) is 47.5 Å². The minimum absolute atomic E-state index is 0.0142. The maximum atomic E-state index is 15.4. The number of methoxy groups -OCH3 is 4. The highest BCUT2D eigenvalue weighted by Gasteiger charge is 2.57. The normalized spacial score (nSPS) is 29.2. The number of hydrogen-bond acceptors (Lipinski definition) is 47. The Hall–Kier alpha value is -7.15. The largest absolute Gasteiger partial charge is 0.472 e. The highest BCUT2D eigenvalue weighted by atomic mass is 32.5. The van der Waals surface area contributed by atoms with E-state index in [1.54, 1.807) is 6.92 Å². The average Bonchev–Trinajstić information content (AvgIpc) is 1.61. The fourth-order valence-electron chi connectivity index (χ4n) is 16.0. The molecule has 0 aromatic carbocycles. The molecule has 16 N–H and O–H groups in total. The third-order valence-corrected chi connectivity index (χ3v) is 30.1. The minimum atomic E-state index is -5.83. The number of aliphatic hydroxyl groups excluding tert-OH is 1. The number of phosphoric acid groups is 1. The van der Waals surface area contributed by atoms with E-state index in [2.05, 4.69) is 49.8 Å². The van der Waals surface area contributed by atoms with Gasteiger partial charge in [0.1, 0.15) is 109 Å². The maximum absolute atomic E-state index is 15.4. The summed E-state index contributed by atoms with van der Waals surface area (Å²) in [5, 5.41) is 11.8. The molecule has 6 fully saturated rings. The first-order valence-corrected chi connectivity index (χ1v) is 54.6. The zero-order chi connectivity index (χ0) is 101. The van der Waals surface area contributed by atoms with Crippen LogP contribution in [-0.4, -0.2) is 319 Å². The number of rotatable bonds is 48. The van der Waals surface area contributed by atoms with Gasteiger partial charge in [0.05, 0.1) is 117 Å². The first-order valence-electron chi connectivity index (χ1n) is 42.7. The summed E-state index contributed by atoms with van der Waals surface area (Å²) in [5.74, 6) is -0.682. The molecule has 14 rings (SSSR count). The molecule has 11 unspecified atom stereocenters. The Labute approximate surface area is 810 Å². The SMILES string of the molecule is CC[C@H]1O[C@@H](n2cc(C)c(=O)[nH]c2=O)CC1OP(O)(=S)OC[C@H]1O[C@@H](n2cc(C)c(=O)[nH]c2=O)CC1OP(O)(=S)OC[C@H]1O[C@@H](n2cnc3c(N)ncnc32)[C@@H](OCCOC)C1OP(=O)(O)OC[C@H]1O[C@@H](n2cnc3c(=O)[nH]c(N)nc32)[C@@H](OCCOC)C1OP(O)(=S)OC[C@H]1O[C@@H](n2cc(C)c(N)nc2=O)[C@@H](OCCOC)C1OP(O)(=S)OC[C@H]1O[C@@H](n2cc(C)c(=O)[nH]c2=O)[C@@H](OCCOC)C1O. The van der Waals surface area contributed by atoms with E-state index in [0.717, 1.165) is 30.9 Å². The van der Waals surface area contributed by atoms with Gasteiger partial charge in [-0.05, 0) is 81.3 Å². The molecule has 14 heterocycles. The number of H-pyrrole nitrogens is 4. The first kappa shape index (κ1) is 109. The summed E-state index contributed by atoms with van der Waals surface area (Å²) in [6.07, 6.45) is -25.3. The van der Waals surface area contributed by atoms with Gasteiger partial charge in [-0.25, -0.2) is 43.7 Å². The van der Waals surface area contributed by atoms with Gasteiger partial charge in [-0.2, -0.15) is 9.97 Å². The number of aliphatic hydroxyl groups is 1. The number of anilines is 3. The third kappa shape index (κ3) is 25.6. The predicted molar refractivity (Wildman–Crippen MR) is 494 cm³/mol. The molecule has 0 aliphatic carbocycles. The number of aromatic nitrogens is 16. The van der Waals surface area contributed by atoms with Crippen LogP contribution >= 0.6 is 34.7 Å². The Kier molecular flexibility index (Phi) is 35.9. The van der Waals surface area contributed by atoms with Gasteiger partial charge in [-0.15, -0.1) is 0 Å². The lowest BCUT2D eigenvalue weighted by molar-refractivity contribution is -0.0836. The van der Waals surface area contributed by atoms with Crippen LogP contribution in [0.2, 0.25) is 0 Å². The van der Waals surface area contributed by atoms with E-state index in [9.17, 15) is 67.9 Å². The van der Waals surface area contributed by atoms with Gasteiger partial charge in [0, 0.05) is 88.3 Å². The Balaban J connectivity index is 0.748. The second-order valence-electron chi connectivity index (χ2n) is 32.3. The molecular weight excluding hydrogens is 2050 g/mol. The number of phosphoric ester groups is 1. The van der Waals surface area contributed by atoms with Gasteiger partial charge in [-0.1, -0.05) is 6.92 Å². The number of ether oxygens (including phenoxy) is 14. The van der Waals surface area contributed by atoms with Crippen LogP contribution in [0.4, 0.5) is 17.6 Å². The zero-order valence-corrected chi connectivity index (χ0v) is 83.4. The number of aryl methyl sites for hydroxylation is 4. The summed E-state index contributed by atoms with van der Waals surface area (Å²) in [6, 6.07) is 0. The smallest absolute Gasteiger partial charge is 0.387 e. The Morgan fingerprint density at radius 3 is 1.28 bits per heavy atom. The van der Waals surface area contributed by atoms with Crippen LogP contribution in [0.3, 0.4) is 0 Å². The van der Waals surface area contributed by atoms with Crippen molar-refractivity contribution in [3.05, 3.63) is 149 Å². The number of nitrogens with one attached hydrogen (secondary N) is 4. The average molecular weight is 2150 g/mol. The summed E-state index contributed by atoms with van der Waals surface area (Å²) in [5.41, 5.74) is 12.1. The lowest BCUT2D eigenvalue weighted by atomic mass is 10.1. The van der Waals surface area contributed by atoms with E-state index < -0.39 is 254 Å². The van der Waals surface area contributed by atoms with Crippen LogP contribution in [0.1, 0.15) is 85.8 Å². The number of fused-ring (bicyclic) bond motifs is 2. The van der Waals surface area contributed by atoms with E-state index in [0.29, 0.717) is 0 Å². The summed E-state index contributed by atoms with van der Waals surface area (Å²) >= 11 is 22.7. The van der Waals surface area contributed by atoms with Gasteiger partial charge in [0.2, 0.25) is 5.95 Å². The quantitative estimate of drug-likeness (QED) is 0.0143. The number of hydrogen-bond donors (Lipinski definition) is 13. The van der Waals surface area contributed by atoms with Crippen molar-refractivity contribution in [2.75, 3.05) is 132 Å². The fraction of sp³-hybridized carbons (Fsp3) is 0.644. The molecule has 774 valence electrons. The second kappa shape index (κ2) is 46.3. The highest BCUT2D eigenvalue weighted by Crippen LogP contribution is 2.58. The molecule has 0 amide bonds. The minimum Gasteiger partial charge on any atom is -0.387 e. The molecule has 0 saturated carbocycles. The lowest BCUT2D eigenvalue weighted by Crippen LogP contribution is -2.41. The lowest BCUT2D eigenvalue weighted by Gasteiger charge is -2.30. The molecule has 58 nitrogen and oxygen atoms in total. The van der Waals surface area contributed by atoms with E-state index in [-0.39, 0.29) is 128 Å². The van der Waals surface area contributed by atoms with Gasteiger partial charge in [0.25, 0.3) is 22.2 Å². The molecule has 8 aromatic rings. The van der Waals surface area contributed by atoms with Crippen molar-refractivity contribution in [3.8, 4) is 0 Å². The van der Waals surface area contributed by atoms with Crippen molar-refractivity contribution < 1.29 is 146 Å². The summed E-state index contributed by atoms with van der Waals surface area (Å²) < 4.78 is 168. The standard InChI is InChI=1S/C73H104N19O39P5S4/c1-10-37-38(19-45(121-37)87-22-34(3)61(94)84-71(87)99)127-133(104,137)117-25-40-39(20-46(122-40)88-23-35(4)62(95)85-72(88)100)128-134(105,138)119-28-43-50(54(113-16-12-109-7)67(126-43)91-31-79-47-58(75)77-30-78-59(47)91)129-132(102,103)116-27-42-51(56(115-18-14-111-9)68(125-42)92-32-80-48-60(92)82-69(76)83-64(48)97)130-136(107,140)120-29-44-52(55(114-17-13-110-8)66(124-44)89-21-33(2)57(74)81-70(89)98)131-135(106,139)118-26-41-49(93)53(112-15-11-108-6)65(123-41)90-24-36(5)63(96)86-73(90)101/h21-24,30-32,37-46,49-56,65-68,93H,10-20,25-29H2,1-9H3,(H,102,103)(H,104,137)(H,105,138)(H,106,139)(H,107,140)(H2,74,81,98)(H2,75,77,78)(H,84,94,99)(H,85,95,100)(H,86,96,101)(H3,76,82,83,97)/t37-,38?,39?,40-,41-,42-,43-,44-,45-,46-,49?,50?,51?,52?,53+,54+,55+,56+,65-,66-,67-,68-,133?,134?,135?,136?/m1/s1. The number of aromatic amines is 4. The first-order chi connectivity index (χ1) is 66.4.